The van der Waals surface area contributed by atoms with Gasteiger partial charge in [-0.15, -0.1) is 23.4 Å². The molecule has 0 saturated heterocycles. The third-order valence-corrected chi connectivity index (χ3v) is 4.39. The first-order valence-corrected chi connectivity index (χ1v) is 9.62. The number of alkyl halides is 3. The number of hydrogen-bond acceptors (Lipinski definition) is 7. The molecule has 3 rings (SSSR count). The van der Waals surface area contributed by atoms with Gasteiger partial charge in [0.25, 0.3) is 11.1 Å². The molecule has 1 heterocycles. The molecule has 0 spiro atoms. The molecule has 12 heteroatoms. The molecule has 1 amide bonds. The van der Waals surface area contributed by atoms with Gasteiger partial charge in [0.15, 0.2) is 6.61 Å². The van der Waals surface area contributed by atoms with E-state index >= 15 is 0 Å². The predicted molar refractivity (Wildman–Crippen MR) is 103 cm³/mol. The first kappa shape index (κ1) is 21.8. The minimum Gasteiger partial charge on any atom is -0.484 e. The van der Waals surface area contributed by atoms with Crippen LogP contribution in [0.5, 0.6) is 11.5 Å². The first-order valence-electron chi connectivity index (χ1n) is 8.26. The number of ether oxygens (including phenoxy) is 2. The monoisotopic (exact) mass is 459 g/mol. The lowest BCUT2D eigenvalue weighted by molar-refractivity contribution is -0.274. The lowest BCUT2D eigenvalue weighted by Gasteiger charge is -2.09. The van der Waals surface area contributed by atoms with E-state index in [-0.39, 0.29) is 29.2 Å². The van der Waals surface area contributed by atoms with Crippen molar-refractivity contribution in [3.63, 3.8) is 0 Å². The van der Waals surface area contributed by atoms with E-state index in [0.29, 0.717) is 16.5 Å². The van der Waals surface area contributed by atoms with Crippen molar-refractivity contribution in [3.05, 3.63) is 59.4 Å². The van der Waals surface area contributed by atoms with E-state index < -0.39 is 12.3 Å². The number of amides is 1. The highest BCUT2D eigenvalue weighted by Gasteiger charge is 2.30. The fourth-order valence-electron chi connectivity index (χ4n) is 2.10. The summed E-state index contributed by atoms with van der Waals surface area (Å²) in [6.07, 6.45) is -4.77. The lowest BCUT2D eigenvalue weighted by Crippen LogP contribution is -2.17. The zero-order valence-electron chi connectivity index (χ0n) is 15.0. The molecule has 2 aromatic carbocycles. The van der Waals surface area contributed by atoms with Crippen molar-refractivity contribution in [1.82, 2.24) is 10.2 Å². The fourth-order valence-corrected chi connectivity index (χ4v) is 2.80. The molecule has 158 valence electrons. The maximum absolute atomic E-state index is 12.1. The molecule has 1 aromatic heterocycles. The van der Waals surface area contributed by atoms with Gasteiger partial charge in [-0.1, -0.05) is 23.4 Å². The van der Waals surface area contributed by atoms with Crippen LogP contribution in [0.4, 0.5) is 18.9 Å². The number of rotatable bonds is 8. The molecule has 0 fully saturated rings. The summed E-state index contributed by atoms with van der Waals surface area (Å²) in [6, 6.07) is 11.5. The minimum absolute atomic E-state index is 0.0412. The smallest absolute Gasteiger partial charge is 0.484 e. The average Bonchev–Trinajstić information content (AvgIpc) is 3.14. The summed E-state index contributed by atoms with van der Waals surface area (Å²) in [4.78, 5) is 12.0. The summed E-state index contributed by atoms with van der Waals surface area (Å²) in [5.41, 5.74) is 0.317. The molecule has 0 bridgehead atoms. The highest BCUT2D eigenvalue weighted by Crippen LogP contribution is 2.24. The van der Waals surface area contributed by atoms with Crippen molar-refractivity contribution in [3.8, 4) is 11.5 Å². The lowest BCUT2D eigenvalue weighted by atomic mass is 10.3. The van der Waals surface area contributed by atoms with Gasteiger partial charge in [-0.05, 0) is 48.5 Å². The summed E-state index contributed by atoms with van der Waals surface area (Å²) in [5, 5.41) is 10.9. The summed E-state index contributed by atoms with van der Waals surface area (Å²) in [6.45, 7) is 0.0493. The second-order valence-electron chi connectivity index (χ2n) is 5.61. The molecule has 0 aliphatic heterocycles. The number of nitrogens with zero attached hydrogens (tertiary/aromatic N) is 2. The van der Waals surface area contributed by atoms with Crippen molar-refractivity contribution in [2.45, 2.75) is 18.2 Å². The van der Waals surface area contributed by atoms with Crippen molar-refractivity contribution >= 4 is 35.0 Å². The Morgan fingerprint density at radius 3 is 2.40 bits per heavy atom. The van der Waals surface area contributed by atoms with E-state index in [1.807, 2.05) is 0 Å². The quantitative estimate of drug-likeness (QED) is 0.478. The topological polar surface area (TPSA) is 86.5 Å². The molecule has 3 aromatic rings. The Hall–Kier alpha value is -2.92. The van der Waals surface area contributed by atoms with E-state index in [1.54, 1.807) is 24.3 Å². The highest BCUT2D eigenvalue weighted by molar-refractivity contribution is 7.99. The van der Waals surface area contributed by atoms with Crippen LogP contribution in [-0.2, 0) is 11.4 Å². The number of aromatic nitrogens is 2. The van der Waals surface area contributed by atoms with Crippen molar-refractivity contribution in [2.75, 3.05) is 11.1 Å². The molecule has 0 saturated carbocycles. The summed E-state index contributed by atoms with van der Waals surface area (Å²) < 4.78 is 51.0. The molecule has 0 atom stereocenters. The number of halogens is 4. The van der Waals surface area contributed by atoms with Crippen LogP contribution in [0.3, 0.4) is 0 Å². The molecule has 1 N–H and O–H groups in total. The van der Waals surface area contributed by atoms with Gasteiger partial charge in [-0.2, -0.15) is 0 Å². The molecule has 7 nitrogen and oxygen atoms in total. The molecule has 0 aliphatic carbocycles. The Kier molecular flexibility index (Phi) is 7.06. The molecule has 0 unspecified atom stereocenters. The van der Waals surface area contributed by atoms with Crippen molar-refractivity contribution in [1.29, 1.82) is 0 Å². The number of anilines is 1. The zero-order valence-corrected chi connectivity index (χ0v) is 16.6. The van der Waals surface area contributed by atoms with Crippen LogP contribution in [0, 0.1) is 0 Å². The van der Waals surface area contributed by atoms with Crippen LogP contribution < -0.4 is 14.8 Å². The van der Waals surface area contributed by atoms with Crippen LogP contribution in [0.15, 0.2) is 58.2 Å². The maximum atomic E-state index is 12.1. The van der Waals surface area contributed by atoms with E-state index in [1.165, 1.54) is 12.1 Å². The van der Waals surface area contributed by atoms with Crippen molar-refractivity contribution in [2.24, 2.45) is 0 Å². The van der Waals surface area contributed by atoms with Gasteiger partial charge in [0.1, 0.15) is 11.5 Å². The van der Waals surface area contributed by atoms with Crippen LogP contribution in [0.2, 0.25) is 5.02 Å². The molecule has 0 aliphatic rings. The predicted octanol–water partition coefficient (Wildman–Crippen LogP) is 4.93. The zero-order chi connectivity index (χ0) is 21.6. The van der Waals surface area contributed by atoms with E-state index in [0.717, 1.165) is 23.9 Å². The maximum Gasteiger partial charge on any atom is 0.573 e. The van der Waals surface area contributed by atoms with Crippen LogP contribution in [-0.4, -0.2) is 28.2 Å². The SMILES string of the molecule is O=C(CSc1nnc(COc2ccc(Cl)cc2)o1)Nc1ccc(OC(F)(F)F)cc1. The normalized spacial score (nSPS) is 11.2. The fraction of sp³-hybridized carbons (Fsp3) is 0.167. The number of thioether (sulfide) groups is 1. The van der Waals surface area contributed by atoms with E-state index in [9.17, 15) is 18.0 Å². The molecular weight excluding hydrogens is 447 g/mol. The van der Waals surface area contributed by atoms with Crippen LogP contribution >= 0.6 is 23.4 Å². The second-order valence-corrected chi connectivity index (χ2v) is 6.98. The van der Waals surface area contributed by atoms with E-state index in [4.69, 9.17) is 20.8 Å². The van der Waals surface area contributed by atoms with E-state index in [2.05, 4.69) is 20.3 Å². The standard InChI is InChI=1S/C18H13ClF3N3O4S/c19-11-1-5-13(6-2-11)27-9-16-24-25-17(28-16)30-10-15(26)23-12-3-7-14(8-4-12)29-18(20,21)22/h1-8H,9-10H2,(H,23,26). The van der Waals surface area contributed by atoms with Crippen molar-refractivity contribution < 1.29 is 31.9 Å². The number of benzene rings is 2. The van der Waals surface area contributed by atoms with Gasteiger partial charge in [0.2, 0.25) is 5.91 Å². The summed E-state index contributed by atoms with van der Waals surface area (Å²) >= 11 is 6.80. The van der Waals surface area contributed by atoms with Crippen LogP contribution in [0.1, 0.15) is 5.89 Å². The number of nitrogens with one attached hydrogen (secondary N) is 1. The third kappa shape index (κ3) is 7.16. The Bertz CT molecular complexity index is 982. The van der Waals surface area contributed by atoms with Gasteiger partial charge in [-0.3, -0.25) is 4.79 Å². The van der Waals surface area contributed by atoms with Gasteiger partial charge in [0.05, 0.1) is 5.75 Å². The van der Waals surface area contributed by atoms with Gasteiger partial charge in [-0.25, -0.2) is 0 Å². The summed E-state index contributed by atoms with van der Waals surface area (Å²) in [7, 11) is 0. The van der Waals surface area contributed by atoms with Gasteiger partial charge >= 0.3 is 6.36 Å². The Labute approximate surface area is 177 Å². The minimum atomic E-state index is -4.77. The third-order valence-electron chi connectivity index (χ3n) is 3.32. The summed E-state index contributed by atoms with van der Waals surface area (Å²) in [5.74, 6) is -0.0119. The van der Waals surface area contributed by atoms with Gasteiger partial charge < -0.3 is 19.2 Å². The molecular formula is C18H13ClF3N3O4S. The Morgan fingerprint density at radius 1 is 1.07 bits per heavy atom. The number of hydrogen-bond donors (Lipinski definition) is 1. The Morgan fingerprint density at radius 2 is 1.73 bits per heavy atom. The highest BCUT2D eigenvalue weighted by atomic mass is 35.5. The number of carbonyl (C=O) groups is 1. The van der Waals surface area contributed by atoms with Crippen LogP contribution in [0.25, 0.3) is 0 Å². The largest absolute Gasteiger partial charge is 0.573 e. The molecule has 0 radical (unpaired) electrons. The van der Waals surface area contributed by atoms with Gasteiger partial charge in [0, 0.05) is 10.7 Å². The Balaban J connectivity index is 1.43. The average molecular weight is 460 g/mol. The molecule has 30 heavy (non-hydrogen) atoms. The number of carbonyl (C=O) groups excluding carboxylic acids is 1. The second kappa shape index (κ2) is 9.72. The first-order chi connectivity index (χ1) is 14.3.